The third-order valence-electron chi connectivity index (χ3n) is 2.82. The summed E-state index contributed by atoms with van der Waals surface area (Å²) in [6.07, 6.45) is 0.789. The summed E-state index contributed by atoms with van der Waals surface area (Å²) < 4.78 is 24.6. The molecule has 9 heteroatoms. The quantitative estimate of drug-likeness (QED) is 0.234. The summed E-state index contributed by atoms with van der Waals surface area (Å²) in [6.45, 7) is 24.4. The Bertz CT molecular complexity index is 434. The smallest absolute Gasteiger partial charge is 0.341 e. The molecule has 0 aromatic carbocycles. The van der Waals surface area contributed by atoms with Crippen molar-refractivity contribution in [3.05, 3.63) is 12.2 Å². The summed E-state index contributed by atoms with van der Waals surface area (Å²) in [5, 5.41) is 0. The molecule has 0 bridgehead atoms. The first kappa shape index (κ1) is 25.0. The second kappa shape index (κ2) is 8.76. The van der Waals surface area contributed by atoms with Gasteiger partial charge in [0.2, 0.25) is 0 Å². The van der Waals surface area contributed by atoms with Crippen LogP contribution in [0.2, 0.25) is 58.9 Å². The van der Waals surface area contributed by atoms with Crippen molar-refractivity contribution in [3.63, 3.8) is 0 Å². The average molecular weight is 423 g/mol. The van der Waals surface area contributed by atoms with Crippen molar-refractivity contribution < 1.29 is 22.8 Å². The van der Waals surface area contributed by atoms with Crippen molar-refractivity contribution in [1.82, 2.24) is 0 Å². The van der Waals surface area contributed by atoms with Gasteiger partial charge in [-0.3, -0.25) is 0 Å². The molecule has 25 heavy (non-hydrogen) atoms. The molecule has 1 unspecified atom stereocenters. The largest absolute Gasteiger partial charge is 0.464 e. The van der Waals surface area contributed by atoms with Crippen LogP contribution >= 0.6 is 0 Å². The van der Waals surface area contributed by atoms with Gasteiger partial charge in [-0.2, -0.15) is 0 Å². The van der Waals surface area contributed by atoms with E-state index >= 15 is 0 Å². The minimum atomic E-state index is -2.11. The van der Waals surface area contributed by atoms with Crippen LogP contribution in [0.4, 0.5) is 0 Å². The van der Waals surface area contributed by atoms with Gasteiger partial charge in [-0.25, -0.2) is 4.79 Å². The summed E-state index contributed by atoms with van der Waals surface area (Å²) in [5.41, 5.74) is 0.0571. The van der Waals surface area contributed by atoms with Gasteiger partial charge in [-0.15, -0.1) is 0 Å². The highest BCUT2D eigenvalue weighted by atomic mass is 28.4. The van der Waals surface area contributed by atoms with E-state index in [1.807, 2.05) is 65.8 Å². The zero-order chi connectivity index (χ0) is 20.3. The van der Waals surface area contributed by atoms with Crippen LogP contribution in [0.25, 0.3) is 0 Å². The lowest BCUT2D eigenvalue weighted by atomic mass is 10.2. The van der Waals surface area contributed by atoms with E-state index < -0.39 is 36.9 Å². The van der Waals surface area contributed by atoms with Crippen LogP contribution in [0.5, 0.6) is 0 Å². The second-order valence-corrected chi connectivity index (χ2v) is 23.9. The van der Waals surface area contributed by atoms with Gasteiger partial charge in [0.05, 0.1) is 16.0 Å². The Hall–Kier alpha value is -0.0425. The molecule has 0 spiro atoms. The lowest BCUT2D eigenvalue weighted by Gasteiger charge is -2.45. The highest BCUT2D eigenvalue weighted by molar-refractivity contribution is 6.72. The van der Waals surface area contributed by atoms with Gasteiger partial charge in [-0.05, 0) is 65.3 Å². The predicted octanol–water partition coefficient (Wildman–Crippen LogP) is 3.40. The SMILES string of the molecule is C=C(C(=O)OC([SiH3])CC)C(O[Si](C)(C)C)(O[Si](C)(C)C)O[Si](C)(C)C. The molecule has 1 atom stereocenters. The molecule has 0 aromatic rings. The Morgan fingerprint density at radius 2 is 1.24 bits per heavy atom. The van der Waals surface area contributed by atoms with Crippen LogP contribution in [0.15, 0.2) is 12.2 Å². The standard InChI is InChI=1S/C16H38O5Si4/c1-12-14(22)18-15(17)13(2)16(19-23(3,4)5,20-24(6,7)8)21-25(9,10)11/h14H,2,12H2,1,3-11,22H3. The molecule has 0 amide bonds. The predicted molar refractivity (Wildman–Crippen MR) is 115 cm³/mol. The van der Waals surface area contributed by atoms with E-state index in [1.54, 1.807) is 0 Å². The van der Waals surface area contributed by atoms with Crippen LogP contribution in [-0.4, -0.2) is 52.9 Å². The molecule has 0 N–H and O–H groups in total. The van der Waals surface area contributed by atoms with E-state index in [0.717, 1.165) is 16.7 Å². The highest BCUT2D eigenvalue weighted by Crippen LogP contribution is 2.35. The van der Waals surface area contributed by atoms with Crippen LogP contribution in [0, 0.1) is 0 Å². The molecule has 148 valence electrons. The molecule has 0 aliphatic rings. The average Bonchev–Trinajstić information content (AvgIpc) is 2.30. The highest BCUT2D eigenvalue weighted by Gasteiger charge is 2.50. The molecular weight excluding hydrogens is 385 g/mol. The summed E-state index contributed by atoms with van der Waals surface area (Å²) in [4.78, 5) is 12.7. The number of hydrogen-bond acceptors (Lipinski definition) is 5. The molecule has 0 saturated heterocycles. The zero-order valence-corrected chi connectivity index (χ0v) is 23.0. The minimum Gasteiger partial charge on any atom is -0.464 e. The molecule has 0 aromatic heterocycles. The number of ether oxygens (including phenoxy) is 1. The first-order chi connectivity index (χ1) is 10.9. The van der Waals surface area contributed by atoms with Gasteiger partial charge >= 0.3 is 5.97 Å². The molecular formula is C16H38O5Si4. The van der Waals surface area contributed by atoms with Gasteiger partial charge in [-0.1, -0.05) is 13.5 Å². The van der Waals surface area contributed by atoms with E-state index in [9.17, 15) is 4.79 Å². The number of esters is 1. The summed E-state index contributed by atoms with van der Waals surface area (Å²) in [7, 11) is -5.58. The minimum absolute atomic E-state index is 0.0624. The first-order valence-corrected chi connectivity index (χ1v) is 20.3. The van der Waals surface area contributed by atoms with Gasteiger partial charge in [0, 0.05) is 0 Å². The van der Waals surface area contributed by atoms with E-state index in [2.05, 4.69) is 6.58 Å². The van der Waals surface area contributed by atoms with Crippen LogP contribution in [0.3, 0.4) is 0 Å². The normalized spacial score (nSPS) is 15.1. The summed E-state index contributed by atoms with van der Waals surface area (Å²) >= 11 is 0. The van der Waals surface area contributed by atoms with Crippen molar-refractivity contribution in [2.75, 3.05) is 0 Å². The Labute approximate surface area is 160 Å². The first-order valence-electron chi connectivity index (χ1n) is 8.91. The van der Waals surface area contributed by atoms with Crippen LogP contribution in [0.1, 0.15) is 13.3 Å². The number of carbonyl (C=O) groups excluding carboxylic acids is 1. The molecule has 5 nitrogen and oxygen atoms in total. The fraction of sp³-hybridized carbons (Fsp3) is 0.812. The maximum atomic E-state index is 12.7. The van der Waals surface area contributed by atoms with E-state index in [-0.39, 0.29) is 11.3 Å². The maximum absolute atomic E-state index is 12.7. The summed E-state index contributed by atoms with van der Waals surface area (Å²) in [5.74, 6) is -2.04. The molecule has 0 radical (unpaired) electrons. The van der Waals surface area contributed by atoms with Crippen molar-refractivity contribution >= 4 is 41.2 Å². The monoisotopic (exact) mass is 422 g/mol. The van der Waals surface area contributed by atoms with Crippen molar-refractivity contribution in [1.29, 1.82) is 0 Å². The third-order valence-corrected chi connectivity index (χ3v) is 6.52. The third kappa shape index (κ3) is 10.0. The molecule has 0 saturated carbocycles. The van der Waals surface area contributed by atoms with Gasteiger partial charge in [0.1, 0.15) is 5.57 Å². The van der Waals surface area contributed by atoms with Crippen LogP contribution < -0.4 is 0 Å². The van der Waals surface area contributed by atoms with Gasteiger partial charge in [0.25, 0.3) is 5.97 Å². The Morgan fingerprint density at radius 1 is 0.920 bits per heavy atom. The Kier molecular flexibility index (Phi) is 8.75. The Balaban J connectivity index is 6.03. The number of carbonyl (C=O) groups is 1. The molecule has 0 fully saturated rings. The lowest BCUT2D eigenvalue weighted by Crippen LogP contribution is -2.58. The summed E-state index contributed by atoms with van der Waals surface area (Å²) in [6, 6.07) is 0. The number of rotatable bonds is 10. The lowest BCUT2D eigenvalue weighted by molar-refractivity contribution is -0.242. The van der Waals surface area contributed by atoms with Crippen molar-refractivity contribution in [3.8, 4) is 0 Å². The van der Waals surface area contributed by atoms with Crippen molar-refractivity contribution in [2.45, 2.75) is 84.0 Å². The Morgan fingerprint density at radius 3 is 1.48 bits per heavy atom. The van der Waals surface area contributed by atoms with E-state index in [0.29, 0.717) is 0 Å². The molecule has 0 heterocycles. The topological polar surface area (TPSA) is 54.0 Å². The fourth-order valence-corrected chi connectivity index (χ4v) is 5.42. The molecule has 0 aliphatic heterocycles. The van der Waals surface area contributed by atoms with Crippen LogP contribution in [-0.2, 0) is 22.8 Å². The fourth-order valence-electron chi connectivity index (χ4n) is 1.92. The van der Waals surface area contributed by atoms with Gasteiger partial charge < -0.3 is 18.0 Å². The second-order valence-electron chi connectivity index (χ2n) is 9.30. The molecule has 0 aliphatic carbocycles. The van der Waals surface area contributed by atoms with Gasteiger partial charge in [0.15, 0.2) is 25.0 Å². The van der Waals surface area contributed by atoms with E-state index in [1.165, 1.54) is 0 Å². The van der Waals surface area contributed by atoms with Crippen molar-refractivity contribution in [2.24, 2.45) is 0 Å². The molecule has 0 rings (SSSR count). The zero-order valence-electron chi connectivity index (χ0n) is 18.0. The number of hydrogen-bond donors (Lipinski definition) is 0. The van der Waals surface area contributed by atoms with E-state index in [4.69, 9.17) is 18.0 Å². The maximum Gasteiger partial charge on any atom is 0.341 e.